The summed E-state index contributed by atoms with van der Waals surface area (Å²) in [7, 11) is 0. The number of carbonyl (C=O) groups is 1. The molecule has 1 saturated heterocycles. The highest BCUT2D eigenvalue weighted by molar-refractivity contribution is 5.96. The maximum Gasteiger partial charge on any atom is 0.280 e. The van der Waals surface area contributed by atoms with Crippen LogP contribution in [0.5, 0.6) is 0 Å². The van der Waals surface area contributed by atoms with Crippen LogP contribution in [0.3, 0.4) is 0 Å². The van der Waals surface area contributed by atoms with E-state index in [0.29, 0.717) is 6.54 Å². The molecule has 7 heteroatoms. The van der Waals surface area contributed by atoms with Crippen LogP contribution in [-0.4, -0.2) is 46.8 Å². The minimum absolute atomic E-state index is 0.0504. The monoisotopic (exact) mass is 225 g/mol. The second-order valence-electron chi connectivity index (χ2n) is 3.90. The lowest BCUT2D eigenvalue weighted by Crippen LogP contribution is -2.42. The number of hydrogen-bond acceptors (Lipinski definition) is 6. The summed E-state index contributed by atoms with van der Waals surface area (Å²) in [6.07, 6.45) is 0.918. The average Bonchev–Trinajstić information content (AvgIpc) is 2.56. The third-order valence-electron chi connectivity index (χ3n) is 2.70. The molecule has 2 heterocycles. The Morgan fingerprint density at radius 2 is 2.44 bits per heavy atom. The minimum Gasteiger partial charge on any atom is -0.379 e. The lowest BCUT2D eigenvalue weighted by atomic mass is 10.2. The molecule has 0 radical (unpaired) electrons. The van der Waals surface area contributed by atoms with Crippen molar-refractivity contribution in [3.05, 3.63) is 5.69 Å². The second kappa shape index (κ2) is 4.48. The van der Waals surface area contributed by atoms with Crippen LogP contribution >= 0.6 is 0 Å². The molecule has 1 aliphatic rings. The van der Waals surface area contributed by atoms with Crippen molar-refractivity contribution < 1.29 is 9.42 Å². The number of nitrogens with two attached hydrogens (primary N) is 1. The van der Waals surface area contributed by atoms with Crippen LogP contribution in [-0.2, 0) is 0 Å². The molecular weight excluding hydrogens is 210 g/mol. The van der Waals surface area contributed by atoms with E-state index in [-0.39, 0.29) is 23.5 Å². The molecule has 0 aromatic carbocycles. The highest BCUT2D eigenvalue weighted by Crippen LogP contribution is 2.12. The molecule has 0 unspecified atom stereocenters. The Hall–Kier alpha value is -1.63. The highest BCUT2D eigenvalue weighted by atomic mass is 16.6. The van der Waals surface area contributed by atoms with Crippen LogP contribution in [0.2, 0.25) is 0 Å². The summed E-state index contributed by atoms with van der Waals surface area (Å²) in [6, 6.07) is 0.117. The molecule has 1 aromatic heterocycles. The number of nitrogens with zero attached hydrogens (tertiary/aromatic N) is 3. The summed E-state index contributed by atoms with van der Waals surface area (Å²) < 4.78 is 4.44. The van der Waals surface area contributed by atoms with Crippen LogP contribution in [0, 0.1) is 0 Å². The van der Waals surface area contributed by atoms with Crippen molar-refractivity contribution >= 4 is 11.7 Å². The lowest BCUT2D eigenvalue weighted by molar-refractivity contribution is 0.0696. The molecule has 1 aliphatic heterocycles. The number of rotatable bonds is 1. The second-order valence-corrected chi connectivity index (χ2v) is 3.90. The molecule has 0 bridgehead atoms. The molecule has 1 fully saturated rings. The van der Waals surface area contributed by atoms with E-state index in [1.165, 1.54) is 0 Å². The van der Waals surface area contributed by atoms with E-state index in [4.69, 9.17) is 5.73 Å². The molecule has 1 amide bonds. The molecule has 0 saturated carbocycles. The Labute approximate surface area is 92.9 Å². The molecule has 7 nitrogen and oxygen atoms in total. The van der Waals surface area contributed by atoms with Gasteiger partial charge < -0.3 is 16.0 Å². The number of amides is 1. The van der Waals surface area contributed by atoms with Crippen molar-refractivity contribution in [1.82, 2.24) is 20.5 Å². The van der Waals surface area contributed by atoms with Crippen molar-refractivity contribution in [2.24, 2.45) is 0 Å². The normalized spacial score (nSPS) is 21.8. The van der Waals surface area contributed by atoms with Gasteiger partial charge in [-0.25, -0.2) is 4.63 Å². The van der Waals surface area contributed by atoms with Crippen molar-refractivity contribution in [3.63, 3.8) is 0 Å². The number of aromatic nitrogens is 2. The maximum atomic E-state index is 12.1. The molecule has 3 N–H and O–H groups in total. The van der Waals surface area contributed by atoms with E-state index in [1.54, 1.807) is 4.90 Å². The topological polar surface area (TPSA) is 97.3 Å². The van der Waals surface area contributed by atoms with Crippen LogP contribution in [0.25, 0.3) is 0 Å². The van der Waals surface area contributed by atoms with Gasteiger partial charge in [-0.05, 0) is 30.2 Å². The molecule has 1 atom stereocenters. The van der Waals surface area contributed by atoms with Crippen LogP contribution in [0.15, 0.2) is 4.63 Å². The molecule has 0 spiro atoms. The summed E-state index contributed by atoms with van der Waals surface area (Å²) in [5.41, 5.74) is 5.61. The largest absolute Gasteiger partial charge is 0.379 e. The summed E-state index contributed by atoms with van der Waals surface area (Å²) in [5.74, 6) is -0.163. The predicted octanol–water partition coefficient (Wildman–Crippen LogP) is -0.524. The first kappa shape index (κ1) is 10.9. The standard InChI is InChI=1S/C9H15N5O2/c1-6-5-11-3-2-4-14(6)9(15)7-8(10)13-16-12-7/h6,11H,2-5H2,1H3,(H2,10,13)/t6-/m1/s1. The first-order chi connectivity index (χ1) is 7.70. The molecule has 1 aromatic rings. The highest BCUT2D eigenvalue weighted by Gasteiger charge is 2.27. The third kappa shape index (κ3) is 1.99. The van der Waals surface area contributed by atoms with Gasteiger partial charge in [-0.3, -0.25) is 4.79 Å². The van der Waals surface area contributed by atoms with Crippen LogP contribution in [0.1, 0.15) is 23.8 Å². The molecular formula is C9H15N5O2. The lowest BCUT2D eigenvalue weighted by Gasteiger charge is -2.25. The summed E-state index contributed by atoms with van der Waals surface area (Å²) >= 11 is 0. The van der Waals surface area contributed by atoms with E-state index < -0.39 is 0 Å². The molecule has 16 heavy (non-hydrogen) atoms. The van der Waals surface area contributed by atoms with E-state index >= 15 is 0 Å². The van der Waals surface area contributed by atoms with Gasteiger partial charge in [0.2, 0.25) is 11.5 Å². The summed E-state index contributed by atoms with van der Waals surface area (Å²) in [4.78, 5) is 13.8. The fourth-order valence-electron chi connectivity index (χ4n) is 1.80. The van der Waals surface area contributed by atoms with Crippen molar-refractivity contribution in [2.45, 2.75) is 19.4 Å². The Bertz CT molecular complexity index is 378. The summed E-state index contributed by atoms with van der Waals surface area (Å²) in [5, 5.41) is 10.2. The predicted molar refractivity (Wildman–Crippen MR) is 56.7 cm³/mol. The van der Waals surface area contributed by atoms with Crippen LogP contribution in [0.4, 0.5) is 5.82 Å². The van der Waals surface area contributed by atoms with E-state index in [1.807, 2.05) is 6.92 Å². The first-order valence-electron chi connectivity index (χ1n) is 5.30. The van der Waals surface area contributed by atoms with E-state index in [9.17, 15) is 4.79 Å². The third-order valence-corrected chi connectivity index (χ3v) is 2.70. The van der Waals surface area contributed by atoms with Gasteiger partial charge in [-0.1, -0.05) is 0 Å². The van der Waals surface area contributed by atoms with Gasteiger partial charge in [-0.15, -0.1) is 0 Å². The van der Waals surface area contributed by atoms with Crippen LogP contribution < -0.4 is 11.1 Å². The SMILES string of the molecule is C[C@@H]1CNCCCN1C(=O)c1nonc1N. The first-order valence-corrected chi connectivity index (χ1v) is 5.30. The summed E-state index contributed by atoms with van der Waals surface area (Å²) in [6.45, 7) is 4.37. The van der Waals surface area contributed by atoms with Gasteiger partial charge in [0, 0.05) is 19.1 Å². The zero-order chi connectivity index (χ0) is 11.5. The molecule has 0 aliphatic carbocycles. The Morgan fingerprint density at radius 1 is 1.62 bits per heavy atom. The number of nitrogens with one attached hydrogen (secondary N) is 1. The Balaban J connectivity index is 2.17. The van der Waals surface area contributed by atoms with Gasteiger partial charge in [0.25, 0.3) is 5.91 Å². The van der Waals surface area contributed by atoms with Crippen molar-refractivity contribution in [2.75, 3.05) is 25.4 Å². The molecule has 2 rings (SSSR count). The number of nitrogen functional groups attached to an aromatic ring is 1. The minimum atomic E-state index is -0.213. The fourth-order valence-corrected chi connectivity index (χ4v) is 1.80. The molecule has 88 valence electrons. The quantitative estimate of drug-likeness (QED) is 0.667. The number of anilines is 1. The number of carbonyl (C=O) groups excluding carboxylic acids is 1. The maximum absolute atomic E-state index is 12.1. The van der Waals surface area contributed by atoms with E-state index in [0.717, 1.165) is 19.5 Å². The van der Waals surface area contributed by atoms with Gasteiger partial charge in [0.05, 0.1) is 0 Å². The van der Waals surface area contributed by atoms with Gasteiger partial charge >= 0.3 is 0 Å². The van der Waals surface area contributed by atoms with Crippen molar-refractivity contribution in [3.8, 4) is 0 Å². The average molecular weight is 225 g/mol. The zero-order valence-corrected chi connectivity index (χ0v) is 9.14. The van der Waals surface area contributed by atoms with Crippen molar-refractivity contribution in [1.29, 1.82) is 0 Å². The zero-order valence-electron chi connectivity index (χ0n) is 9.14. The fraction of sp³-hybridized carbons (Fsp3) is 0.667. The smallest absolute Gasteiger partial charge is 0.280 e. The van der Waals surface area contributed by atoms with E-state index in [2.05, 4.69) is 20.3 Å². The Kier molecular flexibility index (Phi) is 3.04. The number of hydrogen-bond donors (Lipinski definition) is 2. The van der Waals surface area contributed by atoms with Gasteiger partial charge in [0.1, 0.15) is 0 Å². The van der Waals surface area contributed by atoms with Gasteiger partial charge in [0.15, 0.2) is 0 Å². The van der Waals surface area contributed by atoms with Gasteiger partial charge in [-0.2, -0.15) is 0 Å². The Morgan fingerprint density at radius 3 is 3.12 bits per heavy atom.